The normalized spacial score (nSPS) is 16.3. The average molecular weight is 305 g/mol. The monoisotopic (exact) mass is 304 g/mol. The number of amides is 1. The Bertz CT molecular complexity index is 673. The maximum Gasteiger partial charge on any atom is 0.437 e. The van der Waals surface area contributed by atoms with Gasteiger partial charge >= 0.3 is 6.09 Å². The van der Waals surface area contributed by atoms with Crippen molar-refractivity contribution in [2.24, 2.45) is 5.16 Å². The molecule has 108 valence electrons. The number of oxime groups is 1. The van der Waals surface area contributed by atoms with Crippen molar-refractivity contribution in [3.05, 3.63) is 52.6 Å². The number of nitrogens with one attached hydrogen (secondary N) is 1. The fourth-order valence-corrected chi connectivity index (χ4v) is 1.77. The first-order chi connectivity index (χ1) is 9.97. The van der Waals surface area contributed by atoms with Gasteiger partial charge in [0.2, 0.25) is 0 Å². The quantitative estimate of drug-likeness (QED) is 0.514. The van der Waals surface area contributed by atoms with Crippen LogP contribution in [0, 0.1) is 0 Å². The summed E-state index contributed by atoms with van der Waals surface area (Å²) in [7, 11) is 0. The number of benzene rings is 1. The van der Waals surface area contributed by atoms with Gasteiger partial charge in [0.05, 0.1) is 0 Å². The number of hydrogen-bond donors (Lipinski definition) is 1. The van der Waals surface area contributed by atoms with Gasteiger partial charge in [0.15, 0.2) is 5.78 Å². The molecule has 0 aliphatic heterocycles. The molecule has 0 aromatic heterocycles. The van der Waals surface area contributed by atoms with E-state index >= 15 is 0 Å². The maximum atomic E-state index is 11.6. The van der Waals surface area contributed by atoms with Crippen LogP contribution in [0.1, 0.15) is 13.8 Å². The number of rotatable bonds is 2. The van der Waals surface area contributed by atoms with E-state index in [-0.39, 0.29) is 5.78 Å². The number of halogens is 1. The molecular weight excluding hydrogens is 292 g/mol. The van der Waals surface area contributed by atoms with Crippen molar-refractivity contribution in [1.82, 2.24) is 0 Å². The van der Waals surface area contributed by atoms with Crippen molar-refractivity contribution in [2.75, 3.05) is 5.32 Å². The second kappa shape index (κ2) is 6.37. The minimum Gasteiger partial charge on any atom is -0.297 e. The lowest BCUT2D eigenvalue weighted by Gasteiger charge is -2.10. The Morgan fingerprint density at radius 1 is 1.14 bits per heavy atom. The highest BCUT2D eigenvalue weighted by Crippen LogP contribution is 2.15. The molecule has 1 aliphatic rings. The van der Waals surface area contributed by atoms with Crippen molar-refractivity contribution in [2.45, 2.75) is 13.8 Å². The molecular formula is C15H13ClN2O3. The van der Waals surface area contributed by atoms with E-state index in [1.165, 1.54) is 12.2 Å². The third kappa shape index (κ3) is 3.79. The van der Waals surface area contributed by atoms with Crippen molar-refractivity contribution in [3.63, 3.8) is 0 Å². The molecule has 2 rings (SSSR count). The first-order valence-electron chi connectivity index (χ1n) is 6.19. The highest BCUT2D eigenvalue weighted by Gasteiger charge is 2.15. The van der Waals surface area contributed by atoms with Crippen molar-refractivity contribution >= 4 is 34.9 Å². The number of ketones is 1. The maximum absolute atomic E-state index is 11.6. The molecule has 1 N–H and O–H groups in total. The number of carbonyl (C=O) groups excluding carboxylic acids is 2. The van der Waals surface area contributed by atoms with Gasteiger partial charge in [0.25, 0.3) is 0 Å². The van der Waals surface area contributed by atoms with Crippen LogP contribution in [0.3, 0.4) is 0 Å². The summed E-state index contributed by atoms with van der Waals surface area (Å²) >= 11 is 5.75. The largest absolute Gasteiger partial charge is 0.437 e. The zero-order valence-corrected chi connectivity index (χ0v) is 12.3. The summed E-state index contributed by atoms with van der Waals surface area (Å²) in [5, 5.41) is 6.83. The van der Waals surface area contributed by atoms with Crippen molar-refractivity contribution in [3.8, 4) is 0 Å². The number of hydrogen-bond acceptors (Lipinski definition) is 4. The summed E-state index contributed by atoms with van der Waals surface area (Å²) in [5.41, 5.74) is 2.25. The van der Waals surface area contributed by atoms with Gasteiger partial charge in [-0.2, -0.15) is 0 Å². The van der Waals surface area contributed by atoms with Gasteiger partial charge in [0.1, 0.15) is 5.71 Å². The molecule has 0 radical (unpaired) electrons. The lowest BCUT2D eigenvalue weighted by atomic mass is 9.97. The Balaban J connectivity index is 2.01. The standard InChI is InChI=1S/C15H13ClN2O3/c1-9-10(2)14(19)8-7-13(9)18-21-15(20)17-12-5-3-11(16)4-6-12/h3-8H,1-2H3,(H,17,20)/b18-13-. The van der Waals surface area contributed by atoms with E-state index in [0.29, 0.717) is 27.6 Å². The molecule has 0 fully saturated rings. The molecule has 1 aromatic rings. The molecule has 0 heterocycles. The second-order valence-corrected chi connectivity index (χ2v) is 4.87. The van der Waals surface area contributed by atoms with Crippen LogP contribution in [0.25, 0.3) is 0 Å². The molecule has 0 spiro atoms. The Kier molecular flexibility index (Phi) is 4.55. The summed E-state index contributed by atoms with van der Waals surface area (Å²) in [6.07, 6.45) is 2.18. The Hall–Kier alpha value is -2.40. The van der Waals surface area contributed by atoms with Crippen LogP contribution in [0.5, 0.6) is 0 Å². The third-order valence-corrected chi connectivity index (χ3v) is 3.28. The molecule has 1 aliphatic carbocycles. The lowest BCUT2D eigenvalue weighted by molar-refractivity contribution is -0.111. The zero-order chi connectivity index (χ0) is 15.4. The highest BCUT2D eigenvalue weighted by molar-refractivity contribution is 6.30. The SMILES string of the molecule is CC1=C(C)/C(=N\OC(=O)Nc2ccc(Cl)cc2)C=CC1=O. The van der Waals surface area contributed by atoms with Crippen LogP contribution in [0.4, 0.5) is 10.5 Å². The van der Waals surface area contributed by atoms with Crippen LogP contribution in [-0.2, 0) is 9.63 Å². The number of carbonyl (C=O) groups is 2. The first kappa shape index (κ1) is 15.0. The second-order valence-electron chi connectivity index (χ2n) is 4.43. The van der Waals surface area contributed by atoms with E-state index in [1.54, 1.807) is 38.1 Å². The van der Waals surface area contributed by atoms with Gasteiger partial charge in [-0.05, 0) is 55.8 Å². The van der Waals surface area contributed by atoms with Crippen LogP contribution in [-0.4, -0.2) is 17.6 Å². The van der Waals surface area contributed by atoms with E-state index < -0.39 is 6.09 Å². The van der Waals surface area contributed by atoms with Crippen molar-refractivity contribution in [1.29, 1.82) is 0 Å². The van der Waals surface area contributed by atoms with E-state index in [1.807, 2.05) is 0 Å². The lowest BCUT2D eigenvalue weighted by Crippen LogP contribution is -2.15. The molecule has 0 saturated carbocycles. The van der Waals surface area contributed by atoms with Gasteiger partial charge in [-0.15, -0.1) is 0 Å². The Morgan fingerprint density at radius 3 is 2.48 bits per heavy atom. The third-order valence-electron chi connectivity index (χ3n) is 3.03. The summed E-state index contributed by atoms with van der Waals surface area (Å²) in [6.45, 7) is 3.44. The molecule has 0 bridgehead atoms. The van der Waals surface area contributed by atoms with Crippen LogP contribution < -0.4 is 5.32 Å². The van der Waals surface area contributed by atoms with E-state index in [0.717, 1.165) is 0 Å². The molecule has 0 atom stereocenters. The number of nitrogens with zero attached hydrogens (tertiary/aromatic N) is 1. The Morgan fingerprint density at radius 2 is 1.81 bits per heavy atom. The summed E-state index contributed by atoms with van der Waals surface area (Å²) in [6, 6.07) is 6.58. The van der Waals surface area contributed by atoms with E-state index in [4.69, 9.17) is 16.4 Å². The number of anilines is 1. The van der Waals surface area contributed by atoms with Crippen LogP contribution in [0.2, 0.25) is 5.02 Å². The summed E-state index contributed by atoms with van der Waals surface area (Å²) in [5.74, 6) is -0.0722. The molecule has 0 unspecified atom stereocenters. The van der Waals surface area contributed by atoms with Gasteiger partial charge in [0, 0.05) is 16.3 Å². The predicted molar refractivity (Wildman–Crippen MR) is 81.5 cm³/mol. The predicted octanol–water partition coefficient (Wildman–Crippen LogP) is 3.72. The van der Waals surface area contributed by atoms with Crippen molar-refractivity contribution < 1.29 is 14.4 Å². The molecule has 0 saturated heterocycles. The fraction of sp³-hybridized carbons (Fsp3) is 0.133. The van der Waals surface area contributed by atoms with Crippen LogP contribution >= 0.6 is 11.6 Å². The molecule has 5 nitrogen and oxygen atoms in total. The van der Waals surface area contributed by atoms with Gasteiger partial charge < -0.3 is 0 Å². The van der Waals surface area contributed by atoms with Crippen LogP contribution in [0.15, 0.2) is 52.7 Å². The van der Waals surface area contributed by atoms with E-state index in [9.17, 15) is 9.59 Å². The summed E-state index contributed by atoms with van der Waals surface area (Å²) in [4.78, 5) is 27.8. The highest BCUT2D eigenvalue weighted by atomic mass is 35.5. The zero-order valence-electron chi connectivity index (χ0n) is 11.5. The smallest absolute Gasteiger partial charge is 0.297 e. The minimum atomic E-state index is -0.722. The molecule has 6 heteroatoms. The number of allylic oxidation sites excluding steroid dienone is 4. The van der Waals surface area contributed by atoms with Gasteiger partial charge in [-0.3, -0.25) is 14.9 Å². The molecule has 1 amide bonds. The Labute approximate surface area is 126 Å². The summed E-state index contributed by atoms with van der Waals surface area (Å²) < 4.78 is 0. The molecule has 21 heavy (non-hydrogen) atoms. The van der Waals surface area contributed by atoms with E-state index in [2.05, 4.69) is 10.5 Å². The average Bonchev–Trinajstić information content (AvgIpc) is 2.46. The fourth-order valence-electron chi connectivity index (χ4n) is 1.64. The minimum absolute atomic E-state index is 0.0722. The first-order valence-corrected chi connectivity index (χ1v) is 6.57. The molecule has 1 aromatic carbocycles. The topological polar surface area (TPSA) is 67.8 Å². The van der Waals surface area contributed by atoms with Gasteiger partial charge in [-0.1, -0.05) is 16.8 Å². The van der Waals surface area contributed by atoms with Gasteiger partial charge in [-0.25, -0.2) is 4.79 Å².